The number of carbonyl (C=O) groups excluding carboxylic acids is 1. The summed E-state index contributed by atoms with van der Waals surface area (Å²) in [5.74, 6) is 0.618. The highest BCUT2D eigenvalue weighted by Gasteiger charge is 2.15. The van der Waals surface area contributed by atoms with Gasteiger partial charge < -0.3 is 5.32 Å². The third-order valence-corrected chi connectivity index (χ3v) is 5.48. The zero-order valence-electron chi connectivity index (χ0n) is 16.2. The van der Waals surface area contributed by atoms with Crippen molar-refractivity contribution in [2.24, 2.45) is 0 Å². The summed E-state index contributed by atoms with van der Waals surface area (Å²) in [6, 6.07) is 15.4. The molecule has 0 radical (unpaired) electrons. The zero-order chi connectivity index (χ0) is 19.9. The van der Waals surface area contributed by atoms with Crippen LogP contribution in [-0.4, -0.2) is 25.7 Å². The van der Waals surface area contributed by atoms with E-state index < -0.39 is 0 Å². The van der Waals surface area contributed by atoms with Crippen LogP contribution in [-0.2, 0) is 5.41 Å². The second kappa shape index (κ2) is 6.83. The molecule has 142 valence electrons. The molecule has 0 unspecified atom stereocenters. The van der Waals surface area contributed by atoms with Crippen molar-refractivity contribution in [3.8, 4) is 10.6 Å². The maximum Gasteiger partial charge on any atom is 0.255 e. The maximum atomic E-state index is 12.6. The molecule has 0 bridgehead atoms. The van der Waals surface area contributed by atoms with Crippen LogP contribution in [0.25, 0.3) is 15.5 Å². The van der Waals surface area contributed by atoms with E-state index in [1.807, 2.05) is 55.5 Å². The third kappa shape index (κ3) is 3.53. The fraction of sp³-hybridized carbons (Fsp3) is 0.238. The van der Waals surface area contributed by atoms with Crippen molar-refractivity contribution in [3.05, 3.63) is 65.5 Å². The lowest BCUT2D eigenvalue weighted by atomic mass is 9.87. The van der Waals surface area contributed by atoms with Gasteiger partial charge in [0.05, 0.1) is 0 Å². The van der Waals surface area contributed by atoms with Crippen LogP contribution in [0, 0.1) is 6.92 Å². The molecule has 0 aliphatic rings. The number of fused-ring (bicyclic) bond motifs is 1. The first-order valence-corrected chi connectivity index (χ1v) is 9.84. The molecule has 4 rings (SSSR count). The van der Waals surface area contributed by atoms with Gasteiger partial charge in [0.25, 0.3) is 5.91 Å². The summed E-state index contributed by atoms with van der Waals surface area (Å²) in [7, 11) is 0. The predicted octanol–water partition coefficient (Wildman–Crippen LogP) is 4.71. The Bertz CT molecular complexity index is 1150. The van der Waals surface area contributed by atoms with Crippen LogP contribution in [0.5, 0.6) is 0 Å². The molecular weight excluding hydrogens is 370 g/mol. The van der Waals surface area contributed by atoms with E-state index in [-0.39, 0.29) is 11.3 Å². The zero-order valence-corrected chi connectivity index (χ0v) is 17.0. The number of aryl methyl sites for hydroxylation is 1. The van der Waals surface area contributed by atoms with Crippen molar-refractivity contribution < 1.29 is 4.79 Å². The third-order valence-electron chi connectivity index (χ3n) is 4.53. The largest absolute Gasteiger partial charge is 0.322 e. The van der Waals surface area contributed by atoms with Gasteiger partial charge in [0.1, 0.15) is 5.01 Å². The van der Waals surface area contributed by atoms with E-state index in [4.69, 9.17) is 0 Å². The average Bonchev–Trinajstić information content (AvgIpc) is 3.24. The summed E-state index contributed by atoms with van der Waals surface area (Å²) in [5.41, 5.74) is 3.54. The van der Waals surface area contributed by atoms with Crippen LogP contribution in [0.2, 0.25) is 0 Å². The topological polar surface area (TPSA) is 72.2 Å². The smallest absolute Gasteiger partial charge is 0.255 e. The van der Waals surface area contributed by atoms with Crippen molar-refractivity contribution in [2.45, 2.75) is 33.1 Å². The highest BCUT2D eigenvalue weighted by atomic mass is 32.1. The van der Waals surface area contributed by atoms with Gasteiger partial charge in [-0.3, -0.25) is 4.79 Å². The van der Waals surface area contributed by atoms with E-state index >= 15 is 0 Å². The number of benzene rings is 2. The Hall–Kier alpha value is -3.06. The number of carbonyl (C=O) groups is 1. The summed E-state index contributed by atoms with van der Waals surface area (Å²) >= 11 is 1.46. The molecule has 7 heteroatoms. The van der Waals surface area contributed by atoms with Gasteiger partial charge in [0, 0.05) is 16.8 Å². The highest BCUT2D eigenvalue weighted by molar-refractivity contribution is 7.19. The summed E-state index contributed by atoms with van der Waals surface area (Å²) < 4.78 is 1.72. The molecule has 1 amide bonds. The van der Waals surface area contributed by atoms with E-state index in [9.17, 15) is 4.79 Å². The molecular formula is C21H21N5OS. The van der Waals surface area contributed by atoms with E-state index in [0.717, 1.165) is 27.0 Å². The Kier molecular flexibility index (Phi) is 4.47. The average molecular weight is 392 g/mol. The summed E-state index contributed by atoms with van der Waals surface area (Å²) in [5, 5.41) is 16.5. The van der Waals surface area contributed by atoms with Crippen molar-refractivity contribution in [1.29, 1.82) is 0 Å². The monoisotopic (exact) mass is 391 g/mol. The molecule has 6 nitrogen and oxygen atoms in total. The van der Waals surface area contributed by atoms with Gasteiger partial charge in [-0.05, 0) is 42.2 Å². The van der Waals surface area contributed by atoms with Crippen molar-refractivity contribution in [2.75, 3.05) is 5.32 Å². The summed E-state index contributed by atoms with van der Waals surface area (Å²) in [6.45, 7) is 8.33. The van der Waals surface area contributed by atoms with Crippen LogP contribution in [0.3, 0.4) is 0 Å². The molecule has 0 aliphatic heterocycles. The predicted molar refractivity (Wildman–Crippen MR) is 112 cm³/mol. The van der Waals surface area contributed by atoms with Crippen molar-refractivity contribution in [1.82, 2.24) is 19.8 Å². The second-order valence-electron chi connectivity index (χ2n) is 7.71. The molecule has 0 saturated heterocycles. The Labute approximate surface area is 167 Å². The Morgan fingerprint density at radius 3 is 2.50 bits per heavy atom. The van der Waals surface area contributed by atoms with E-state index in [0.29, 0.717) is 5.56 Å². The van der Waals surface area contributed by atoms with E-state index in [1.54, 1.807) is 4.52 Å². The molecule has 4 aromatic rings. The molecule has 1 N–H and O–H groups in total. The fourth-order valence-corrected chi connectivity index (χ4v) is 3.77. The number of nitrogens with zero attached hydrogens (tertiary/aromatic N) is 4. The number of rotatable bonds is 3. The first-order valence-electron chi connectivity index (χ1n) is 9.02. The van der Waals surface area contributed by atoms with Crippen molar-refractivity contribution in [3.63, 3.8) is 0 Å². The number of hydrogen-bond acceptors (Lipinski definition) is 5. The van der Waals surface area contributed by atoms with Crippen LogP contribution in [0.1, 0.15) is 42.5 Å². The molecule has 0 atom stereocenters. The lowest BCUT2D eigenvalue weighted by Crippen LogP contribution is -2.14. The van der Waals surface area contributed by atoms with Crippen LogP contribution < -0.4 is 5.32 Å². The summed E-state index contributed by atoms with van der Waals surface area (Å²) in [6.07, 6.45) is 0. The molecule has 0 aliphatic carbocycles. The van der Waals surface area contributed by atoms with Crippen molar-refractivity contribution >= 4 is 27.9 Å². The van der Waals surface area contributed by atoms with E-state index in [2.05, 4.69) is 41.4 Å². The number of aromatic nitrogens is 4. The molecule has 2 aromatic heterocycles. The van der Waals surface area contributed by atoms with Crippen LogP contribution in [0.4, 0.5) is 5.69 Å². The minimum atomic E-state index is -0.133. The molecule has 0 spiro atoms. The Morgan fingerprint density at radius 2 is 1.82 bits per heavy atom. The van der Waals surface area contributed by atoms with Gasteiger partial charge in [-0.1, -0.05) is 56.4 Å². The standard InChI is InChI=1S/C21H21N5OS/c1-13-23-24-20-26(13)25-19(28-20)15-6-5-7-17(12-15)22-18(27)14-8-10-16(11-9-14)21(2,3)4/h5-12H,1-4H3,(H,22,27). The Balaban J connectivity index is 1.55. The molecule has 2 aromatic carbocycles. The minimum Gasteiger partial charge on any atom is -0.322 e. The quantitative estimate of drug-likeness (QED) is 0.549. The number of anilines is 1. The van der Waals surface area contributed by atoms with Gasteiger partial charge in [0.2, 0.25) is 4.96 Å². The lowest BCUT2D eigenvalue weighted by Gasteiger charge is -2.19. The molecule has 28 heavy (non-hydrogen) atoms. The molecule has 0 fully saturated rings. The first kappa shape index (κ1) is 18.3. The highest BCUT2D eigenvalue weighted by Crippen LogP contribution is 2.28. The number of hydrogen-bond donors (Lipinski definition) is 1. The first-order chi connectivity index (χ1) is 13.3. The summed E-state index contributed by atoms with van der Waals surface area (Å²) in [4.78, 5) is 13.4. The Morgan fingerprint density at radius 1 is 1.07 bits per heavy atom. The van der Waals surface area contributed by atoms with Gasteiger partial charge in [-0.15, -0.1) is 10.2 Å². The van der Waals surface area contributed by atoms with Gasteiger partial charge in [0.15, 0.2) is 5.82 Å². The SMILES string of the molecule is Cc1nnc2sc(-c3cccc(NC(=O)c4ccc(C(C)(C)C)cc4)c3)nn12. The number of amides is 1. The van der Waals surface area contributed by atoms with E-state index in [1.165, 1.54) is 16.9 Å². The van der Waals surface area contributed by atoms with Gasteiger partial charge >= 0.3 is 0 Å². The second-order valence-corrected chi connectivity index (χ2v) is 8.67. The normalized spacial score (nSPS) is 11.7. The number of nitrogens with one attached hydrogen (secondary N) is 1. The lowest BCUT2D eigenvalue weighted by molar-refractivity contribution is 0.102. The molecule has 2 heterocycles. The van der Waals surface area contributed by atoms with Gasteiger partial charge in [-0.2, -0.15) is 9.61 Å². The fourth-order valence-electron chi connectivity index (χ4n) is 2.89. The van der Waals surface area contributed by atoms with Crippen LogP contribution >= 0.6 is 11.3 Å². The molecule has 0 saturated carbocycles. The minimum absolute atomic E-state index is 0.0602. The van der Waals surface area contributed by atoms with Crippen LogP contribution in [0.15, 0.2) is 48.5 Å². The van der Waals surface area contributed by atoms with Gasteiger partial charge in [-0.25, -0.2) is 0 Å². The maximum absolute atomic E-state index is 12.6.